The molecule has 0 bridgehead atoms. The Bertz CT molecular complexity index is 1420. The second-order valence-corrected chi connectivity index (χ2v) is 8.63. The van der Waals surface area contributed by atoms with Crippen molar-refractivity contribution in [1.82, 2.24) is 10.3 Å². The van der Waals surface area contributed by atoms with Crippen LogP contribution in [-0.2, 0) is 6.18 Å². The maximum Gasteiger partial charge on any atom is 0.416 e. The number of aromatic nitrogens is 1. The number of carbonyl (C=O) groups excluding carboxylic acids is 1. The molecular formula is C27H26F4N6O2. The van der Waals surface area contributed by atoms with Gasteiger partial charge in [-0.3, -0.25) is 0 Å². The van der Waals surface area contributed by atoms with Crippen LogP contribution in [0.3, 0.4) is 0 Å². The molecule has 39 heavy (non-hydrogen) atoms. The number of nitrogen functional groups attached to an aromatic ring is 1. The quantitative estimate of drug-likeness (QED) is 0.182. The molecule has 0 fully saturated rings. The Balaban J connectivity index is 1.68. The van der Waals surface area contributed by atoms with E-state index in [4.69, 9.17) is 10.5 Å². The van der Waals surface area contributed by atoms with Crippen molar-refractivity contribution in [2.24, 2.45) is 9.98 Å². The van der Waals surface area contributed by atoms with E-state index in [0.29, 0.717) is 22.4 Å². The van der Waals surface area contributed by atoms with E-state index in [-0.39, 0.29) is 29.1 Å². The fraction of sp³-hybridized carbons (Fsp3) is 0.185. The zero-order valence-electron chi connectivity index (χ0n) is 21.3. The summed E-state index contributed by atoms with van der Waals surface area (Å²) in [6.07, 6.45) is -2.28. The number of hydrogen-bond acceptors (Lipinski definition) is 5. The minimum Gasteiger partial charge on any atom is -0.424 e. The Hall–Kier alpha value is -4.74. The van der Waals surface area contributed by atoms with Crippen molar-refractivity contribution in [3.63, 3.8) is 0 Å². The van der Waals surface area contributed by atoms with Crippen molar-refractivity contribution in [3.05, 3.63) is 83.6 Å². The number of aliphatic imine (C=N–C) groups is 2. The van der Waals surface area contributed by atoms with Crippen LogP contribution < -0.4 is 21.1 Å². The average molecular weight is 543 g/mol. The van der Waals surface area contributed by atoms with Crippen molar-refractivity contribution in [2.75, 3.05) is 11.1 Å². The number of amides is 2. The number of anilines is 2. The summed E-state index contributed by atoms with van der Waals surface area (Å²) in [6, 6.07) is 10.0. The highest BCUT2D eigenvalue weighted by molar-refractivity contribution is 5.91. The van der Waals surface area contributed by atoms with Gasteiger partial charge >= 0.3 is 18.2 Å². The largest absolute Gasteiger partial charge is 0.424 e. The summed E-state index contributed by atoms with van der Waals surface area (Å²) in [5, 5.41) is 4.95. The highest BCUT2D eigenvalue weighted by atomic mass is 19.4. The van der Waals surface area contributed by atoms with E-state index >= 15 is 0 Å². The van der Waals surface area contributed by atoms with Gasteiger partial charge in [0.25, 0.3) is 0 Å². The van der Waals surface area contributed by atoms with Crippen LogP contribution in [0.1, 0.15) is 37.8 Å². The van der Waals surface area contributed by atoms with Crippen molar-refractivity contribution >= 4 is 30.3 Å². The SMILES string of the molecule is C=N/C(=N\C=C(/C)NC(=O)Nc1cc(C(F)(F)F)ccc1C(C)C)Oc1ccc(-c2cc(F)cnc2N)cc1. The Kier molecular flexibility index (Phi) is 9.02. The first-order chi connectivity index (χ1) is 18.4. The van der Waals surface area contributed by atoms with Gasteiger partial charge in [0.2, 0.25) is 0 Å². The number of hydrogen-bond donors (Lipinski definition) is 3. The smallest absolute Gasteiger partial charge is 0.416 e. The topological polar surface area (TPSA) is 114 Å². The standard InChI is InChI=1S/C27H26F4N6O2/c1-15(2)21-10-7-18(27(29,30)31)11-23(21)37-25(38)36-16(3)13-35-26(33-4)39-20-8-5-17(6-9-20)22-12-19(28)14-34-24(22)32/h5-15H,4H2,1-3H3,(H2,32,34)(H2,36,37,38)/b16-13+,35-26+. The van der Waals surface area contributed by atoms with E-state index in [1.807, 2.05) is 0 Å². The van der Waals surface area contributed by atoms with E-state index in [0.717, 1.165) is 18.3 Å². The van der Waals surface area contributed by atoms with Gasteiger partial charge < -0.3 is 21.1 Å². The predicted octanol–water partition coefficient (Wildman–Crippen LogP) is 6.73. The van der Waals surface area contributed by atoms with E-state index in [1.54, 1.807) is 38.1 Å². The predicted molar refractivity (Wildman–Crippen MR) is 143 cm³/mol. The number of amidine groups is 1. The molecule has 1 aromatic heterocycles. The molecule has 3 rings (SSSR count). The molecule has 0 atom stereocenters. The number of nitrogens with one attached hydrogen (secondary N) is 2. The first kappa shape index (κ1) is 28.8. The minimum absolute atomic E-state index is 0.0460. The van der Waals surface area contributed by atoms with Crippen LogP contribution >= 0.6 is 0 Å². The van der Waals surface area contributed by atoms with Crippen LogP contribution in [0.25, 0.3) is 11.1 Å². The number of benzene rings is 2. The molecule has 204 valence electrons. The molecule has 3 aromatic rings. The Morgan fingerprint density at radius 3 is 2.46 bits per heavy atom. The Labute approximate surface area is 222 Å². The summed E-state index contributed by atoms with van der Waals surface area (Å²) < 4.78 is 58.5. The van der Waals surface area contributed by atoms with Gasteiger partial charge in [-0.25, -0.2) is 24.2 Å². The molecule has 0 saturated heterocycles. The minimum atomic E-state index is -4.55. The number of allylic oxidation sites excluding steroid dienone is 1. The molecule has 0 aliphatic heterocycles. The third-order valence-electron chi connectivity index (χ3n) is 5.33. The molecule has 1 heterocycles. The van der Waals surface area contributed by atoms with Crippen LogP contribution in [0.15, 0.2) is 76.6 Å². The van der Waals surface area contributed by atoms with E-state index in [1.165, 1.54) is 25.3 Å². The van der Waals surface area contributed by atoms with Crippen LogP contribution in [0.5, 0.6) is 5.75 Å². The number of carbonyl (C=O) groups is 1. The molecule has 0 spiro atoms. The van der Waals surface area contributed by atoms with Gasteiger partial charge in [0.1, 0.15) is 17.4 Å². The second-order valence-electron chi connectivity index (χ2n) is 8.63. The summed E-state index contributed by atoms with van der Waals surface area (Å²) in [6.45, 7) is 8.52. The van der Waals surface area contributed by atoms with Crippen LogP contribution in [0, 0.1) is 5.82 Å². The van der Waals surface area contributed by atoms with Gasteiger partial charge in [-0.2, -0.15) is 13.2 Å². The Morgan fingerprint density at radius 1 is 1.15 bits per heavy atom. The van der Waals surface area contributed by atoms with Gasteiger partial charge in [0.15, 0.2) is 0 Å². The normalized spacial score (nSPS) is 12.3. The number of urea groups is 1. The van der Waals surface area contributed by atoms with Gasteiger partial charge in [-0.15, -0.1) is 0 Å². The fourth-order valence-electron chi connectivity index (χ4n) is 3.45. The molecule has 0 saturated carbocycles. The lowest BCUT2D eigenvalue weighted by Gasteiger charge is -2.17. The molecule has 4 N–H and O–H groups in total. The summed E-state index contributed by atoms with van der Waals surface area (Å²) >= 11 is 0. The number of rotatable bonds is 6. The van der Waals surface area contributed by atoms with E-state index in [9.17, 15) is 22.4 Å². The van der Waals surface area contributed by atoms with Crippen LogP contribution in [0.4, 0.5) is 33.9 Å². The monoisotopic (exact) mass is 542 g/mol. The van der Waals surface area contributed by atoms with Crippen molar-refractivity contribution < 1.29 is 27.1 Å². The molecule has 2 amide bonds. The highest BCUT2D eigenvalue weighted by Crippen LogP contribution is 2.34. The highest BCUT2D eigenvalue weighted by Gasteiger charge is 2.31. The molecule has 8 nitrogen and oxygen atoms in total. The summed E-state index contributed by atoms with van der Waals surface area (Å²) in [5.74, 6) is -0.135. The maximum atomic E-state index is 13.5. The Morgan fingerprint density at radius 2 is 1.85 bits per heavy atom. The molecule has 0 radical (unpaired) electrons. The molecule has 0 unspecified atom stereocenters. The van der Waals surface area contributed by atoms with Crippen LogP contribution in [0.2, 0.25) is 0 Å². The molecular weight excluding hydrogens is 516 g/mol. The van der Waals surface area contributed by atoms with Gasteiger partial charge in [0, 0.05) is 16.9 Å². The molecule has 0 aliphatic rings. The second kappa shape index (κ2) is 12.2. The maximum absolute atomic E-state index is 13.5. The molecule has 0 aliphatic carbocycles. The summed E-state index contributed by atoms with van der Waals surface area (Å²) in [7, 11) is 0. The number of pyridine rings is 1. The number of halogens is 4. The van der Waals surface area contributed by atoms with Crippen LogP contribution in [-0.4, -0.2) is 23.8 Å². The number of nitrogens with two attached hydrogens (primary N) is 1. The third-order valence-corrected chi connectivity index (χ3v) is 5.33. The summed E-state index contributed by atoms with van der Waals surface area (Å²) in [5.41, 5.74) is 6.82. The van der Waals surface area contributed by atoms with E-state index in [2.05, 4.69) is 32.3 Å². The van der Waals surface area contributed by atoms with Crippen molar-refractivity contribution in [1.29, 1.82) is 0 Å². The summed E-state index contributed by atoms with van der Waals surface area (Å²) in [4.78, 5) is 24.0. The zero-order chi connectivity index (χ0) is 28.7. The number of nitrogens with zero attached hydrogens (tertiary/aromatic N) is 3. The average Bonchev–Trinajstić information content (AvgIpc) is 2.87. The van der Waals surface area contributed by atoms with Crippen molar-refractivity contribution in [2.45, 2.75) is 32.9 Å². The fourth-order valence-corrected chi connectivity index (χ4v) is 3.45. The first-order valence-corrected chi connectivity index (χ1v) is 11.6. The lowest BCUT2D eigenvalue weighted by molar-refractivity contribution is -0.137. The molecule has 12 heteroatoms. The number of alkyl halides is 3. The number of ether oxygens (including phenoxy) is 1. The lowest BCUT2D eigenvalue weighted by Crippen LogP contribution is -2.28. The van der Waals surface area contributed by atoms with Crippen molar-refractivity contribution in [3.8, 4) is 16.9 Å². The van der Waals surface area contributed by atoms with Gasteiger partial charge in [-0.05, 0) is 61.0 Å². The lowest BCUT2D eigenvalue weighted by atomic mass is 9.99. The molecule has 2 aromatic carbocycles. The van der Waals surface area contributed by atoms with Gasteiger partial charge in [0.05, 0.1) is 18.0 Å². The van der Waals surface area contributed by atoms with E-state index < -0.39 is 23.6 Å². The van der Waals surface area contributed by atoms with Gasteiger partial charge in [-0.1, -0.05) is 32.0 Å². The zero-order valence-corrected chi connectivity index (χ0v) is 21.3. The first-order valence-electron chi connectivity index (χ1n) is 11.6. The third kappa shape index (κ3) is 7.87.